The highest BCUT2D eigenvalue weighted by Gasteiger charge is 2.27. The summed E-state index contributed by atoms with van der Waals surface area (Å²) in [4.78, 5) is 0. The first-order valence-corrected chi connectivity index (χ1v) is 7.83. The van der Waals surface area contributed by atoms with Crippen LogP contribution < -0.4 is 5.32 Å². The Morgan fingerprint density at radius 3 is 2.55 bits per heavy atom. The SMILES string of the molecule is CCn1nc(C)cc1CC(CC)(CC)CNCCOC. The first-order valence-electron chi connectivity index (χ1n) is 7.83. The summed E-state index contributed by atoms with van der Waals surface area (Å²) in [5.74, 6) is 0. The minimum atomic E-state index is 0.313. The molecule has 0 radical (unpaired) electrons. The zero-order chi connectivity index (χ0) is 15.0. The fourth-order valence-electron chi connectivity index (χ4n) is 2.74. The zero-order valence-corrected chi connectivity index (χ0v) is 13.8. The van der Waals surface area contributed by atoms with Gasteiger partial charge in [-0.2, -0.15) is 5.10 Å². The Morgan fingerprint density at radius 2 is 2.00 bits per heavy atom. The summed E-state index contributed by atoms with van der Waals surface area (Å²) in [6.45, 7) is 12.5. The van der Waals surface area contributed by atoms with Crippen molar-refractivity contribution in [3.05, 3.63) is 17.5 Å². The molecule has 20 heavy (non-hydrogen) atoms. The molecule has 0 spiro atoms. The molecule has 1 heterocycles. The molecule has 0 saturated carbocycles. The Kier molecular flexibility index (Phi) is 7.24. The average Bonchev–Trinajstić information content (AvgIpc) is 2.82. The van der Waals surface area contributed by atoms with E-state index in [1.165, 1.54) is 18.5 Å². The monoisotopic (exact) mass is 281 g/mol. The average molecular weight is 281 g/mol. The van der Waals surface area contributed by atoms with Crippen LogP contribution >= 0.6 is 0 Å². The molecule has 116 valence electrons. The Balaban J connectivity index is 2.73. The first-order chi connectivity index (χ1) is 9.60. The van der Waals surface area contributed by atoms with Gasteiger partial charge in [0.05, 0.1) is 12.3 Å². The van der Waals surface area contributed by atoms with Crippen LogP contribution in [0.2, 0.25) is 0 Å². The fourth-order valence-corrected chi connectivity index (χ4v) is 2.74. The Labute approximate surface area is 123 Å². The normalized spacial score (nSPS) is 12.1. The van der Waals surface area contributed by atoms with Gasteiger partial charge in [-0.3, -0.25) is 4.68 Å². The molecule has 0 aliphatic heterocycles. The molecule has 1 aromatic rings. The lowest BCUT2D eigenvalue weighted by Crippen LogP contribution is -2.37. The van der Waals surface area contributed by atoms with Crippen molar-refractivity contribution in [3.63, 3.8) is 0 Å². The number of nitrogens with one attached hydrogen (secondary N) is 1. The predicted octanol–water partition coefficient (Wildman–Crippen LogP) is 2.80. The van der Waals surface area contributed by atoms with Gasteiger partial charge >= 0.3 is 0 Å². The topological polar surface area (TPSA) is 39.1 Å². The van der Waals surface area contributed by atoms with Gasteiger partial charge in [0.2, 0.25) is 0 Å². The quantitative estimate of drug-likeness (QED) is 0.670. The van der Waals surface area contributed by atoms with Crippen LogP contribution in [0.5, 0.6) is 0 Å². The zero-order valence-electron chi connectivity index (χ0n) is 13.8. The summed E-state index contributed by atoms with van der Waals surface area (Å²) >= 11 is 0. The molecule has 0 atom stereocenters. The summed E-state index contributed by atoms with van der Waals surface area (Å²) in [5.41, 5.74) is 2.80. The van der Waals surface area contributed by atoms with Gasteiger partial charge in [0.25, 0.3) is 0 Å². The maximum Gasteiger partial charge on any atom is 0.0596 e. The number of aromatic nitrogens is 2. The van der Waals surface area contributed by atoms with Gasteiger partial charge in [-0.15, -0.1) is 0 Å². The van der Waals surface area contributed by atoms with Crippen molar-refractivity contribution < 1.29 is 4.74 Å². The lowest BCUT2D eigenvalue weighted by molar-refractivity contribution is 0.184. The highest BCUT2D eigenvalue weighted by molar-refractivity contribution is 5.11. The molecule has 0 bridgehead atoms. The van der Waals surface area contributed by atoms with Gasteiger partial charge in [0, 0.05) is 32.4 Å². The molecule has 4 heteroatoms. The van der Waals surface area contributed by atoms with E-state index in [4.69, 9.17) is 4.74 Å². The summed E-state index contributed by atoms with van der Waals surface area (Å²) in [6, 6.07) is 2.23. The van der Waals surface area contributed by atoms with E-state index in [1.54, 1.807) is 7.11 Å². The van der Waals surface area contributed by atoms with Crippen molar-refractivity contribution in [3.8, 4) is 0 Å². The van der Waals surface area contributed by atoms with E-state index >= 15 is 0 Å². The van der Waals surface area contributed by atoms with Crippen LogP contribution in [0, 0.1) is 12.3 Å². The van der Waals surface area contributed by atoms with Gasteiger partial charge in [0.1, 0.15) is 0 Å². The number of rotatable bonds is 10. The van der Waals surface area contributed by atoms with Crippen molar-refractivity contribution in [1.82, 2.24) is 15.1 Å². The van der Waals surface area contributed by atoms with Gasteiger partial charge in [-0.25, -0.2) is 0 Å². The van der Waals surface area contributed by atoms with E-state index in [2.05, 4.69) is 48.9 Å². The van der Waals surface area contributed by atoms with Crippen molar-refractivity contribution in [2.45, 2.75) is 53.5 Å². The Hall–Kier alpha value is -0.870. The molecule has 0 fully saturated rings. The number of hydrogen-bond donors (Lipinski definition) is 1. The van der Waals surface area contributed by atoms with Crippen LogP contribution in [-0.4, -0.2) is 36.6 Å². The number of nitrogens with zero attached hydrogens (tertiary/aromatic N) is 2. The second-order valence-corrected chi connectivity index (χ2v) is 5.65. The summed E-state index contributed by atoms with van der Waals surface area (Å²) in [6.07, 6.45) is 3.45. The van der Waals surface area contributed by atoms with Crippen LogP contribution in [0.3, 0.4) is 0 Å². The van der Waals surface area contributed by atoms with E-state index in [-0.39, 0.29) is 0 Å². The predicted molar refractivity (Wildman–Crippen MR) is 84.1 cm³/mol. The Bertz CT molecular complexity index is 383. The van der Waals surface area contributed by atoms with E-state index < -0.39 is 0 Å². The van der Waals surface area contributed by atoms with Crippen LogP contribution in [0.1, 0.15) is 45.0 Å². The molecule has 0 aromatic carbocycles. The third kappa shape index (κ3) is 4.60. The summed E-state index contributed by atoms with van der Waals surface area (Å²) in [7, 11) is 1.75. The van der Waals surface area contributed by atoms with Gasteiger partial charge in [-0.05, 0) is 44.6 Å². The molecule has 0 aliphatic rings. The van der Waals surface area contributed by atoms with E-state index in [1.807, 2.05) is 0 Å². The van der Waals surface area contributed by atoms with E-state index in [0.717, 1.165) is 38.4 Å². The second kappa shape index (κ2) is 8.42. The summed E-state index contributed by atoms with van der Waals surface area (Å²) in [5, 5.41) is 8.11. The van der Waals surface area contributed by atoms with Crippen LogP contribution in [-0.2, 0) is 17.7 Å². The maximum absolute atomic E-state index is 5.11. The van der Waals surface area contributed by atoms with Crippen molar-refractivity contribution in [2.24, 2.45) is 5.41 Å². The van der Waals surface area contributed by atoms with E-state index in [0.29, 0.717) is 5.41 Å². The number of methoxy groups -OCH3 is 1. The van der Waals surface area contributed by atoms with Gasteiger partial charge in [0.15, 0.2) is 0 Å². The lowest BCUT2D eigenvalue weighted by Gasteiger charge is -2.32. The van der Waals surface area contributed by atoms with Gasteiger partial charge in [-0.1, -0.05) is 13.8 Å². The highest BCUT2D eigenvalue weighted by Crippen LogP contribution is 2.30. The smallest absolute Gasteiger partial charge is 0.0596 e. The molecule has 0 amide bonds. The van der Waals surface area contributed by atoms with Crippen LogP contribution in [0.25, 0.3) is 0 Å². The molecule has 1 aromatic heterocycles. The van der Waals surface area contributed by atoms with Gasteiger partial charge < -0.3 is 10.1 Å². The molecule has 1 N–H and O–H groups in total. The molecule has 1 rings (SSSR count). The molecular formula is C16H31N3O. The minimum absolute atomic E-state index is 0.313. The molecule has 0 aliphatic carbocycles. The second-order valence-electron chi connectivity index (χ2n) is 5.65. The third-order valence-electron chi connectivity index (χ3n) is 4.32. The molecular weight excluding hydrogens is 250 g/mol. The van der Waals surface area contributed by atoms with Crippen LogP contribution in [0.4, 0.5) is 0 Å². The number of hydrogen-bond acceptors (Lipinski definition) is 3. The third-order valence-corrected chi connectivity index (χ3v) is 4.32. The standard InChI is InChI=1S/C16H31N3O/c1-6-16(7-2,13-17-9-10-20-5)12-15-11-14(4)18-19(15)8-3/h11,17H,6-10,12-13H2,1-5H3. The number of aryl methyl sites for hydroxylation is 2. The Morgan fingerprint density at radius 1 is 1.30 bits per heavy atom. The molecule has 0 unspecified atom stereocenters. The highest BCUT2D eigenvalue weighted by atomic mass is 16.5. The maximum atomic E-state index is 5.11. The first kappa shape index (κ1) is 17.2. The van der Waals surface area contributed by atoms with E-state index in [9.17, 15) is 0 Å². The molecule has 4 nitrogen and oxygen atoms in total. The number of ether oxygens (including phenoxy) is 1. The fraction of sp³-hybridized carbons (Fsp3) is 0.812. The molecule has 0 saturated heterocycles. The lowest BCUT2D eigenvalue weighted by atomic mass is 9.78. The van der Waals surface area contributed by atoms with Crippen molar-refractivity contribution in [2.75, 3.05) is 26.8 Å². The summed E-state index contributed by atoms with van der Waals surface area (Å²) < 4.78 is 7.25. The largest absolute Gasteiger partial charge is 0.383 e. The van der Waals surface area contributed by atoms with Crippen molar-refractivity contribution in [1.29, 1.82) is 0 Å². The van der Waals surface area contributed by atoms with Crippen molar-refractivity contribution >= 4 is 0 Å². The van der Waals surface area contributed by atoms with Crippen LogP contribution in [0.15, 0.2) is 6.07 Å². The minimum Gasteiger partial charge on any atom is -0.383 e.